The van der Waals surface area contributed by atoms with E-state index in [1.54, 1.807) is 11.9 Å². The number of hydrogen-bond donors (Lipinski definition) is 1. The molecule has 0 aromatic carbocycles. The zero-order chi connectivity index (χ0) is 12.8. The third-order valence-corrected chi connectivity index (χ3v) is 3.89. The SMILES string of the molecule is CCOC(=O)C1=CCCCC1SNn1cccc1. The number of rotatable bonds is 5. The van der Waals surface area contributed by atoms with Crippen LogP contribution in [-0.4, -0.2) is 22.5 Å². The number of nitrogens with zero attached hydrogens (tertiary/aromatic N) is 1. The lowest BCUT2D eigenvalue weighted by Crippen LogP contribution is -2.23. The zero-order valence-corrected chi connectivity index (χ0v) is 11.3. The second-order valence-corrected chi connectivity index (χ2v) is 5.09. The summed E-state index contributed by atoms with van der Waals surface area (Å²) in [5.41, 5.74) is 0.799. The van der Waals surface area contributed by atoms with Crippen molar-refractivity contribution in [3.05, 3.63) is 36.2 Å². The summed E-state index contributed by atoms with van der Waals surface area (Å²) in [4.78, 5) is 15.0. The number of carbonyl (C=O) groups is 1. The van der Waals surface area contributed by atoms with E-state index in [4.69, 9.17) is 4.74 Å². The van der Waals surface area contributed by atoms with E-state index in [0.717, 1.165) is 24.8 Å². The summed E-state index contributed by atoms with van der Waals surface area (Å²) >= 11 is 1.56. The summed E-state index contributed by atoms with van der Waals surface area (Å²) in [5, 5.41) is 0.167. The fraction of sp³-hybridized carbons (Fsp3) is 0.462. The van der Waals surface area contributed by atoms with Crippen molar-refractivity contribution in [2.45, 2.75) is 31.4 Å². The van der Waals surface area contributed by atoms with Gasteiger partial charge >= 0.3 is 5.97 Å². The Kier molecular flexibility index (Phi) is 4.75. The molecule has 1 aliphatic rings. The Morgan fingerprint density at radius 1 is 1.56 bits per heavy atom. The summed E-state index contributed by atoms with van der Waals surface area (Å²) in [5.74, 6) is -0.177. The third-order valence-electron chi connectivity index (χ3n) is 2.80. The van der Waals surface area contributed by atoms with Gasteiger partial charge in [0, 0.05) is 18.0 Å². The maximum absolute atomic E-state index is 11.8. The van der Waals surface area contributed by atoms with Crippen molar-refractivity contribution in [1.29, 1.82) is 0 Å². The number of aromatic nitrogens is 1. The van der Waals surface area contributed by atoms with Gasteiger partial charge in [-0.05, 0) is 50.3 Å². The Bertz CT molecular complexity index is 415. The molecule has 1 atom stereocenters. The van der Waals surface area contributed by atoms with Crippen molar-refractivity contribution < 1.29 is 9.53 Å². The topological polar surface area (TPSA) is 43.3 Å². The van der Waals surface area contributed by atoms with Crippen molar-refractivity contribution in [2.24, 2.45) is 0 Å². The second kappa shape index (κ2) is 6.54. The highest BCUT2D eigenvalue weighted by atomic mass is 32.2. The van der Waals surface area contributed by atoms with Gasteiger partial charge in [-0.15, -0.1) is 0 Å². The minimum absolute atomic E-state index is 0.167. The molecule has 2 rings (SSSR count). The van der Waals surface area contributed by atoms with Crippen molar-refractivity contribution in [3.63, 3.8) is 0 Å². The van der Waals surface area contributed by atoms with Crippen LogP contribution in [0.2, 0.25) is 0 Å². The molecular weight excluding hydrogens is 248 g/mol. The molecule has 18 heavy (non-hydrogen) atoms. The number of nitrogens with one attached hydrogen (secondary N) is 1. The molecule has 0 spiro atoms. The van der Waals surface area contributed by atoms with E-state index in [-0.39, 0.29) is 11.2 Å². The van der Waals surface area contributed by atoms with Gasteiger partial charge < -0.3 is 4.74 Å². The largest absolute Gasteiger partial charge is 0.463 e. The molecule has 0 radical (unpaired) electrons. The second-order valence-electron chi connectivity index (χ2n) is 4.10. The lowest BCUT2D eigenvalue weighted by molar-refractivity contribution is -0.138. The summed E-state index contributed by atoms with van der Waals surface area (Å²) in [6.45, 7) is 2.26. The van der Waals surface area contributed by atoms with E-state index < -0.39 is 0 Å². The van der Waals surface area contributed by atoms with Crippen LogP contribution in [0.3, 0.4) is 0 Å². The summed E-state index contributed by atoms with van der Waals surface area (Å²) in [6.07, 6.45) is 8.97. The third kappa shape index (κ3) is 3.32. The summed E-state index contributed by atoms with van der Waals surface area (Å²) < 4.78 is 6.97. The van der Waals surface area contributed by atoms with Crippen LogP contribution in [0.15, 0.2) is 36.2 Å². The highest BCUT2D eigenvalue weighted by Crippen LogP contribution is 2.29. The molecule has 4 nitrogen and oxygen atoms in total. The highest BCUT2D eigenvalue weighted by molar-refractivity contribution is 8.01. The van der Waals surface area contributed by atoms with Crippen molar-refractivity contribution in [3.8, 4) is 0 Å². The molecule has 98 valence electrons. The van der Waals surface area contributed by atoms with Gasteiger partial charge in [0.25, 0.3) is 0 Å². The Morgan fingerprint density at radius 3 is 3.06 bits per heavy atom. The molecule has 1 unspecified atom stereocenters. The average Bonchev–Trinajstić information content (AvgIpc) is 2.90. The number of allylic oxidation sites excluding steroid dienone is 1. The molecule has 1 N–H and O–H groups in total. The van der Waals surface area contributed by atoms with Gasteiger partial charge in [-0.25, -0.2) is 4.79 Å². The van der Waals surface area contributed by atoms with Gasteiger partial charge in [-0.2, -0.15) is 0 Å². The fourth-order valence-corrected chi connectivity index (χ4v) is 2.89. The Labute approximate surface area is 111 Å². The maximum Gasteiger partial charge on any atom is 0.334 e. The Balaban J connectivity index is 1.94. The first-order chi connectivity index (χ1) is 8.81. The molecule has 1 aromatic rings. The van der Waals surface area contributed by atoms with Crippen LogP contribution in [0.1, 0.15) is 26.2 Å². The summed E-state index contributed by atoms with van der Waals surface area (Å²) in [6, 6.07) is 3.91. The van der Waals surface area contributed by atoms with E-state index >= 15 is 0 Å². The predicted octanol–water partition coefficient (Wildman–Crippen LogP) is 2.72. The van der Waals surface area contributed by atoms with Crippen LogP contribution >= 0.6 is 11.9 Å². The molecule has 0 fully saturated rings. The van der Waals surface area contributed by atoms with Crippen LogP contribution in [0.5, 0.6) is 0 Å². The number of ether oxygens (including phenoxy) is 1. The van der Waals surface area contributed by atoms with E-state index in [2.05, 4.69) is 4.83 Å². The van der Waals surface area contributed by atoms with Crippen molar-refractivity contribution in [2.75, 3.05) is 11.4 Å². The minimum atomic E-state index is -0.177. The van der Waals surface area contributed by atoms with Gasteiger partial charge in [-0.1, -0.05) is 6.08 Å². The van der Waals surface area contributed by atoms with Gasteiger partial charge in [0.1, 0.15) is 0 Å². The first-order valence-electron chi connectivity index (χ1n) is 6.23. The first-order valence-corrected chi connectivity index (χ1v) is 7.11. The maximum atomic E-state index is 11.8. The first kappa shape index (κ1) is 13.1. The highest BCUT2D eigenvalue weighted by Gasteiger charge is 2.25. The van der Waals surface area contributed by atoms with Gasteiger partial charge in [0.2, 0.25) is 0 Å². The number of hydrogen-bond acceptors (Lipinski definition) is 4. The van der Waals surface area contributed by atoms with E-state index in [1.165, 1.54) is 0 Å². The number of carbonyl (C=O) groups excluding carboxylic acids is 1. The summed E-state index contributed by atoms with van der Waals surface area (Å²) in [7, 11) is 0. The van der Waals surface area contributed by atoms with Crippen LogP contribution in [0.25, 0.3) is 0 Å². The number of esters is 1. The average molecular weight is 266 g/mol. The fourth-order valence-electron chi connectivity index (χ4n) is 1.92. The van der Waals surface area contributed by atoms with Gasteiger partial charge in [0.05, 0.1) is 11.9 Å². The van der Waals surface area contributed by atoms with Crippen molar-refractivity contribution in [1.82, 2.24) is 4.68 Å². The smallest absolute Gasteiger partial charge is 0.334 e. The Morgan fingerprint density at radius 2 is 2.33 bits per heavy atom. The van der Waals surface area contributed by atoms with Crippen LogP contribution in [0, 0.1) is 0 Å². The normalized spacial score (nSPS) is 19.2. The molecule has 1 heterocycles. The quantitative estimate of drug-likeness (QED) is 0.657. The molecule has 0 saturated heterocycles. The molecule has 0 aliphatic heterocycles. The van der Waals surface area contributed by atoms with Gasteiger partial charge in [0.15, 0.2) is 0 Å². The molecule has 1 aliphatic carbocycles. The van der Waals surface area contributed by atoms with E-state index in [1.807, 2.05) is 42.2 Å². The molecule has 0 saturated carbocycles. The molecule has 0 amide bonds. The van der Waals surface area contributed by atoms with Crippen LogP contribution < -0.4 is 4.83 Å². The molecule has 0 bridgehead atoms. The van der Waals surface area contributed by atoms with Crippen LogP contribution in [-0.2, 0) is 9.53 Å². The standard InChI is InChI=1S/C13H18N2O2S/c1-2-17-13(16)11-7-3-4-8-12(11)18-14-15-9-5-6-10-15/h5-7,9-10,12,14H,2-4,8H2,1H3. The minimum Gasteiger partial charge on any atom is -0.463 e. The lowest BCUT2D eigenvalue weighted by atomic mass is 9.99. The lowest BCUT2D eigenvalue weighted by Gasteiger charge is -2.22. The monoisotopic (exact) mass is 266 g/mol. The van der Waals surface area contributed by atoms with Crippen molar-refractivity contribution >= 4 is 17.9 Å². The zero-order valence-electron chi connectivity index (χ0n) is 10.5. The van der Waals surface area contributed by atoms with Crippen LogP contribution in [0.4, 0.5) is 0 Å². The molecule has 1 aromatic heterocycles. The van der Waals surface area contributed by atoms with E-state index in [0.29, 0.717) is 6.61 Å². The van der Waals surface area contributed by atoms with E-state index in [9.17, 15) is 4.79 Å². The van der Waals surface area contributed by atoms with Gasteiger partial charge in [-0.3, -0.25) is 9.51 Å². The Hall–Kier alpha value is -1.36. The molecular formula is C13H18N2O2S. The molecule has 5 heteroatoms. The predicted molar refractivity (Wildman–Crippen MR) is 73.7 cm³/mol.